The first kappa shape index (κ1) is 27.4. The Morgan fingerprint density at radius 3 is 0.778 bits per heavy atom. The van der Waals surface area contributed by atoms with Crippen LogP contribution in [0.3, 0.4) is 0 Å². The van der Waals surface area contributed by atoms with Crippen LogP contribution in [-0.2, 0) is 20.1 Å². The Balaban J connectivity index is 2.28. The minimum absolute atomic E-state index is 0.801. The Labute approximate surface area is 233 Å². The van der Waals surface area contributed by atoms with E-state index in [-0.39, 0.29) is 0 Å². The molecule has 0 saturated heterocycles. The molecule has 0 saturated carbocycles. The summed E-state index contributed by atoms with van der Waals surface area (Å²) in [6, 6.07) is 39.4. The molecule has 0 unspecified atom stereocenters. The van der Waals surface area contributed by atoms with Crippen molar-refractivity contribution in [3.8, 4) is 0 Å². The van der Waals surface area contributed by atoms with Gasteiger partial charge in [0.25, 0.3) is 0 Å². The van der Waals surface area contributed by atoms with Crippen LogP contribution < -0.4 is 0 Å². The molecule has 186 valence electrons. The number of hydrogen-bond acceptors (Lipinski definition) is 2. The summed E-state index contributed by atoms with van der Waals surface area (Å²) in [7, 11) is 0. The number of rotatable bonds is 9. The molecule has 0 heterocycles. The topological polar surface area (TPSA) is 18.5 Å². The van der Waals surface area contributed by atoms with Gasteiger partial charge in [-0.1, -0.05) is 121 Å². The van der Waals surface area contributed by atoms with Gasteiger partial charge >= 0.3 is 13.9 Å². The molecule has 0 amide bonds. The number of benzene rings is 4. The second-order valence-corrected chi connectivity index (χ2v) is 22.1. The lowest BCUT2D eigenvalue weighted by molar-refractivity contribution is -0.0809. The van der Waals surface area contributed by atoms with E-state index in [0.29, 0.717) is 0 Å². The molecular formula is C28H26Cl4O2Si2. The summed E-state index contributed by atoms with van der Waals surface area (Å²) < 4.78 is 13.9. The van der Waals surface area contributed by atoms with Crippen molar-refractivity contribution < 1.29 is 8.85 Å². The van der Waals surface area contributed by atoms with E-state index < -0.39 is 25.1 Å². The van der Waals surface area contributed by atoms with Crippen LogP contribution in [-0.4, -0.2) is 13.9 Å². The first-order chi connectivity index (χ1) is 17.1. The molecule has 0 bridgehead atoms. The maximum absolute atomic E-state index is 6.97. The second kappa shape index (κ2) is 11.0. The normalized spacial score (nSPS) is 12.9. The lowest BCUT2D eigenvalue weighted by Crippen LogP contribution is -2.59. The van der Waals surface area contributed by atoms with Gasteiger partial charge in [0.05, 0.1) is 0 Å². The highest BCUT2D eigenvalue weighted by atomic mass is 35.7. The maximum atomic E-state index is 6.97. The van der Waals surface area contributed by atoms with Crippen LogP contribution >= 0.6 is 44.3 Å². The highest BCUT2D eigenvalue weighted by Crippen LogP contribution is 2.57. The molecule has 0 aromatic heterocycles. The third-order valence-corrected chi connectivity index (χ3v) is 8.14. The number of hydrogen-bond donors (Lipinski definition) is 0. The van der Waals surface area contributed by atoms with Gasteiger partial charge in [0.15, 0.2) is 0 Å². The lowest BCUT2D eigenvalue weighted by atomic mass is 9.66. The molecule has 0 radical (unpaired) electrons. The average molecular weight is 592 g/mol. The third kappa shape index (κ3) is 5.62. The highest BCUT2D eigenvalue weighted by Gasteiger charge is 2.62. The fourth-order valence-electron chi connectivity index (χ4n) is 4.75. The van der Waals surface area contributed by atoms with Gasteiger partial charge in [-0.15, -0.1) is 44.3 Å². The van der Waals surface area contributed by atoms with Crippen LogP contribution in [0.25, 0.3) is 0 Å². The highest BCUT2D eigenvalue weighted by molar-refractivity contribution is 7.42. The predicted molar refractivity (Wildman–Crippen MR) is 156 cm³/mol. The van der Waals surface area contributed by atoms with Crippen molar-refractivity contribution in [3.63, 3.8) is 0 Å². The molecule has 0 spiro atoms. The fraction of sp³-hybridized carbons (Fsp3) is 0.143. The van der Waals surface area contributed by atoms with Crippen molar-refractivity contribution in [3.05, 3.63) is 144 Å². The molecule has 4 aromatic carbocycles. The quantitative estimate of drug-likeness (QED) is 0.143. The van der Waals surface area contributed by atoms with Crippen LogP contribution in [0.1, 0.15) is 22.3 Å². The van der Waals surface area contributed by atoms with Gasteiger partial charge in [0, 0.05) is 0 Å². The summed E-state index contributed by atoms with van der Waals surface area (Å²) in [5.74, 6) is 0. The third-order valence-electron chi connectivity index (χ3n) is 5.88. The van der Waals surface area contributed by atoms with E-state index in [1.165, 1.54) is 0 Å². The largest absolute Gasteiger partial charge is 0.387 e. The van der Waals surface area contributed by atoms with Crippen LogP contribution in [0.15, 0.2) is 121 Å². The van der Waals surface area contributed by atoms with Gasteiger partial charge in [0.1, 0.15) is 11.2 Å². The van der Waals surface area contributed by atoms with E-state index in [1.807, 2.05) is 121 Å². The van der Waals surface area contributed by atoms with Crippen LogP contribution in [0, 0.1) is 0 Å². The Morgan fingerprint density at radius 2 is 0.611 bits per heavy atom. The van der Waals surface area contributed by atoms with E-state index in [4.69, 9.17) is 53.2 Å². The molecule has 36 heavy (non-hydrogen) atoms. The lowest BCUT2D eigenvalue weighted by Gasteiger charge is -2.54. The zero-order valence-electron chi connectivity index (χ0n) is 19.9. The van der Waals surface area contributed by atoms with Crippen molar-refractivity contribution in [2.75, 3.05) is 0 Å². The minimum Gasteiger partial charge on any atom is -0.374 e. The van der Waals surface area contributed by atoms with Crippen LogP contribution in [0.2, 0.25) is 13.1 Å². The molecule has 0 atom stereocenters. The number of halogens is 4. The predicted octanol–water partition coefficient (Wildman–Crippen LogP) is 9.00. The van der Waals surface area contributed by atoms with Gasteiger partial charge < -0.3 is 8.85 Å². The van der Waals surface area contributed by atoms with E-state index in [9.17, 15) is 0 Å². The van der Waals surface area contributed by atoms with Crippen molar-refractivity contribution in [1.82, 2.24) is 0 Å². The summed E-state index contributed by atoms with van der Waals surface area (Å²) in [4.78, 5) is 0. The summed E-state index contributed by atoms with van der Waals surface area (Å²) in [5.41, 5.74) is 0.485. The Hall–Kier alpha value is -1.61. The SMILES string of the molecule is C[Si](Cl)(Cl)OC(c1ccccc1)(c1ccccc1)C(O[Si](C)(Cl)Cl)(c1ccccc1)c1ccccc1. The first-order valence-corrected chi connectivity index (χ1v) is 20.3. The second-order valence-electron chi connectivity index (χ2n) is 8.65. The van der Waals surface area contributed by atoms with Gasteiger partial charge in [-0.05, 0) is 35.3 Å². The van der Waals surface area contributed by atoms with Crippen molar-refractivity contribution >= 4 is 58.2 Å². The molecule has 8 heteroatoms. The average Bonchev–Trinajstić information content (AvgIpc) is 2.87. The molecule has 0 fully saturated rings. The molecule has 0 aliphatic carbocycles. The zero-order valence-corrected chi connectivity index (χ0v) is 24.9. The summed E-state index contributed by atoms with van der Waals surface area (Å²) in [6.07, 6.45) is 0. The first-order valence-electron chi connectivity index (χ1n) is 11.5. The van der Waals surface area contributed by atoms with E-state index in [0.717, 1.165) is 22.3 Å². The van der Waals surface area contributed by atoms with E-state index in [1.54, 1.807) is 13.1 Å². The molecule has 4 aromatic rings. The Kier molecular flexibility index (Phi) is 8.40. The van der Waals surface area contributed by atoms with Crippen molar-refractivity contribution in [1.29, 1.82) is 0 Å². The molecule has 0 N–H and O–H groups in total. The van der Waals surface area contributed by atoms with Gasteiger partial charge in [0.2, 0.25) is 0 Å². The molecule has 0 aliphatic heterocycles. The molecule has 4 rings (SSSR count). The monoisotopic (exact) mass is 590 g/mol. The minimum atomic E-state index is -3.32. The van der Waals surface area contributed by atoms with Crippen LogP contribution in [0.4, 0.5) is 0 Å². The van der Waals surface area contributed by atoms with Crippen LogP contribution in [0.5, 0.6) is 0 Å². The Morgan fingerprint density at radius 1 is 0.417 bits per heavy atom. The standard InChI is InChI=1S/C28H26Cl4O2Si2/c1-35(29,30)33-27(23-15-7-3-8-16-23,24-17-9-4-10-18-24)28(34-36(2,31)32,25-19-11-5-12-20-25)26-21-13-6-14-22-26/h3-22H,1-2H3. The van der Waals surface area contributed by atoms with Crippen molar-refractivity contribution in [2.45, 2.75) is 24.3 Å². The molecule has 0 aliphatic rings. The summed E-state index contributed by atoms with van der Waals surface area (Å²) in [5, 5.41) is 0. The van der Waals surface area contributed by atoms with E-state index >= 15 is 0 Å². The van der Waals surface area contributed by atoms with E-state index in [2.05, 4.69) is 0 Å². The smallest absolute Gasteiger partial charge is 0.374 e. The maximum Gasteiger partial charge on any atom is 0.387 e. The van der Waals surface area contributed by atoms with Gasteiger partial charge in [-0.3, -0.25) is 0 Å². The summed E-state index contributed by atoms with van der Waals surface area (Å²) >= 11 is 27.4. The fourth-order valence-corrected chi connectivity index (χ4v) is 7.98. The summed E-state index contributed by atoms with van der Waals surface area (Å²) in [6.45, 7) is -3.17. The zero-order chi connectivity index (χ0) is 25.9. The molecular weight excluding hydrogens is 566 g/mol. The van der Waals surface area contributed by atoms with Gasteiger partial charge in [-0.2, -0.15) is 0 Å². The molecule has 2 nitrogen and oxygen atoms in total. The van der Waals surface area contributed by atoms with Gasteiger partial charge in [-0.25, -0.2) is 0 Å². The Bertz CT molecular complexity index is 1070. The van der Waals surface area contributed by atoms with Crippen molar-refractivity contribution in [2.24, 2.45) is 0 Å².